The summed E-state index contributed by atoms with van der Waals surface area (Å²) in [5.74, 6) is 0.473. The van der Waals surface area contributed by atoms with Gasteiger partial charge in [0, 0.05) is 25.0 Å². The predicted octanol–water partition coefficient (Wildman–Crippen LogP) is 4.16. The lowest BCUT2D eigenvalue weighted by Crippen LogP contribution is -2.32. The summed E-state index contributed by atoms with van der Waals surface area (Å²) in [6.07, 6.45) is 6.20. The molecule has 1 fully saturated rings. The van der Waals surface area contributed by atoms with Crippen LogP contribution in [0.4, 0.5) is 11.6 Å². The summed E-state index contributed by atoms with van der Waals surface area (Å²) in [7, 11) is 0. The number of carbonyl (C=O) groups is 1. The molecule has 3 rings (SSSR count). The molecule has 0 bridgehead atoms. The first-order valence-corrected chi connectivity index (χ1v) is 9.02. The van der Waals surface area contributed by atoms with Crippen molar-refractivity contribution in [2.75, 3.05) is 18.4 Å². The molecule has 0 unspecified atom stereocenters. The van der Waals surface area contributed by atoms with E-state index in [1.165, 1.54) is 18.4 Å². The molecule has 2 aromatic rings. The molecule has 1 aliphatic rings. The molecule has 5 nitrogen and oxygen atoms in total. The van der Waals surface area contributed by atoms with Crippen LogP contribution in [0.2, 0.25) is 0 Å². The van der Waals surface area contributed by atoms with E-state index in [0.29, 0.717) is 11.6 Å². The molecule has 1 N–H and O–H groups in total. The van der Waals surface area contributed by atoms with Crippen molar-refractivity contribution in [2.45, 2.75) is 46.5 Å². The summed E-state index contributed by atoms with van der Waals surface area (Å²) in [5.41, 5.74) is 4.98. The van der Waals surface area contributed by atoms with Gasteiger partial charge >= 0.3 is 0 Å². The molecule has 1 aromatic heterocycles. The maximum atomic E-state index is 12.7. The van der Waals surface area contributed by atoms with E-state index in [0.717, 1.165) is 42.7 Å². The zero-order valence-electron chi connectivity index (χ0n) is 15.3. The highest BCUT2D eigenvalue weighted by molar-refractivity contribution is 5.92. The van der Waals surface area contributed by atoms with Crippen LogP contribution in [0.1, 0.15) is 52.9 Å². The lowest BCUT2D eigenvalue weighted by Gasteiger charge is -2.20. The van der Waals surface area contributed by atoms with Gasteiger partial charge in [-0.05, 0) is 50.8 Å². The van der Waals surface area contributed by atoms with Crippen LogP contribution in [-0.2, 0) is 0 Å². The average molecular weight is 338 g/mol. The van der Waals surface area contributed by atoms with Crippen molar-refractivity contribution in [1.29, 1.82) is 0 Å². The van der Waals surface area contributed by atoms with Crippen LogP contribution in [0.3, 0.4) is 0 Å². The minimum atomic E-state index is 0.00435. The van der Waals surface area contributed by atoms with Crippen molar-refractivity contribution in [2.24, 2.45) is 0 Å². The minimum Gasteiger partial charge on any atom is -0.337 e. The summed E-state index contributed by atoms with van der Waals surface area (Å²) >= 11 is 0. The summed E-state index contributed by atoms with van der Waals surface area (Å²) in [6, 6.07) is 5.95. The van der Waals surface area contributed by atoms with E-state index in [1.807, 2.05) is 4.90 Å². The van der Waals surface area contributed by atoms with Gasteiger partial charge in [-0.25, -0.2) is 9.97 Å². The number of rotatable bonds is 3. The van der Waals surface area contributed by atoms with Gasteiger partial charge in [0.2, 0.25) is 5.95 Å². The van der Waals surface area contributed by atoms with Gasteiger partial charge in [-0.2, -0.15) is 0 Å². The highest BCUT2D eigenvalue weighted by Gasteiger charge is 2.19. The second-order valence-electron chi connectivity index (χ2n) is 6.87. The summed E-state index contributed by atoms with van der Waals surface area (Å²) in [4.78, 5) is 23.4. The molecule has 0 aliphatic carbocycles. The third-order valence-corrected chi connectivity index (χ3v) is 4.68. The van der Waals surface area contributed by atoms with Gasteiger partial charge < -0.3 is 10.2 Å². The van der Waals surface area contributed by atoms with E-state index < -0.39 is 0 Å². The topological polar surface area (TPSA) is 58.1 Å². The summed E-state index contributed by atoms with van der Waals surface area (Å²) < 4.78 is 0. The average Bonchev–Trinajstić information content (AvgIpc) is 2.87. The van der Waals surface area contributed by atoms with Gasteiger partial charge in [-0.1, -0.05) is 30.5 Å². The number of hydrogen-bond donors (Lipinski definition) is 1. The highest BCUT2D eigenvalue weighted by Crippen LogP contribution is 2.24. The number of likely N-dealkylation sites (tertiary alicyclic amines) is 1. The molecule has 0 atom stereocenters. The predicted molar refractivity (Wildman–Crippen MR) is 100 cm³/mol. The normalized spacial score (nSPS) is 14.9. The molecule has 1 aliphatic heterocycles. The highest BCUT2D eigenvalue weighted by atomic mass is 16.2. The number of amides is 1. The van der Waals surface area contributed by atoms with Gasteiger partial charge in [0.05, 0.1) is 0 Å². The number of benzene rings is 1. The third-order valence-electron chi connectivity index (χ3n) is 4.68. The van der Waals surface area contributed by atoms with Gasteiger partial charge in [0.1, 0.15) is 5.69 Å². The Morgan fingerprint density at radius 2 is 1.68 bits per heavy atom. The number of carbonyl (C=O) groups excluding carboxylic acids is 1. The Hall–Kier alpha value is -2.43. The van der Waals surface area contributed by atoms with Crippen LogP contribution in [0.25, 0.3) is 0 Å². The maximum Gasteiger partial charge on any atom is 0.272 e. The van der Waals surface area contributed by atoms with E-state index in [-0.39, 0.29) is 5.91 Å². The summed E-state index contributed by atoms with van der Waals surface area (Å²) in [5, 5.41) is 3.29. The molecule has 1 saturated heterocycles. The fourth-order valence-corrected chi connectivity index (χ4v) is 3.46. The Labute approximate surface area is 149 Å². The fraction of sp³-hybridized carbons (Fsp3) is 0.450. The molecule has 0 radical (unpaired) electrons. The zero-order valence-corrected chi connectivity index (χ0v) is 15.3. The fourth-order valence-electron chi connectivity index (χ4n) is 3.46. The van der Waals surface area contributed by atoms with Crippen LogP contribution in [0.5, 0.6) is 0 Å². The van der Waals surface area contributed by atoms with Crippen LogP contribution in [0.15, 0.2) is 24.4 Å². The first-order valence-electron chi connectivity index (χ1n) is 9.02. The van der Waals surface area contributed by atoms with Crippen molar-refractivity contribution in [3.63, 3.8) is 0 Å². The second-order valence-corrected chi connectivity index (χ2v) is 6.87. The second kappa shape index (κ2) is 7.64. The lowest BCUT2D eigenvalue weighted by molar-refractivity contribution is 0.0755. The van der Waals surface area contributed by atoms with Gasteiger partial charge in [-0.15, -0.1) is 0 Å². The maximum absolute atomic E-state index is 12.7. The molecule has 0 saturated carbocycles. The number of nitrogens with zero attached hydrogens (tertiary/aromatic N) is 3. The number of anilines is 2. The Kier molecular flexibility index (Phi) is 5.31. The quantitative estimate of drug-likeness (QED) is 0.913. The first-order chi connectivity index (χ1) is 12.0. The van der Waals surface area contributed by atoms with Gasteiger partial charge in [0.15, 0.2) is 0 Å². The Bertz CT molecular complexity index is 741. The smallest absolute Gasteiger partial charge is 0.272 e. The van der Waals surface area contributed by atoms with E-state index in [2.05, 4.69) is 48.2 Å². The SMILES string of the molecule is Cc1cc(C)c(Nc2nccc(C(=O)N3CCCCCC3)n2)c(C)c1. The van der Waals surface area contributed by atoms with Crippen LogP contribution < -0.4 is 5.32 Å². The number of aromatic nitrogens is 2. The molecule has 1 amide bonds. The number of hydrogen-bond acceptors (Lipinski definition) is 4. The molecule has 0 spiro atoms. The Morgan fingerprint density at radius 1 is 1.04 bits per heavy atom. The van der Waals surface area contributed by atoms with E-state index in [1.54, 1.807) is 12.3 Å². The number of nitrogens with one attached hydrogen (secondary N) is 1. The largest absolute Gasteiger partial charge is 0.337 e. The Morgan fingerprint density at radius 3 is 2.32 bits per heavy atom. The Balaban J connectivity index is 1.81. The van der Waals surface area contributed by atoms with Crippen LogP contribution >= 0.6 is 0 Å². The third kappa shape index (κ3) is 4.16. The van der Waals surface area contributed by atoms with Crippen LogP contribution in [0, 0.1) is 20.8 Å². The van der Waals surface area contributed by atoms with E-state index >= 15 is 0 Å². The molecular weight excluding hydrogens is 312 g/mol. The summed E-state index contributed by atoms with van der Waals surface area (Å²) in [6.45, 7) is 7.85. The molecule has 5 heteroatoms. The minimum absolute atomic E-state index is 0.00435. The van der Waals surface area contributed by atoms with E-state index in [9.17, 15) is 4.79 Å². The number of aryl methyl sites for hydroxylation is 3. The lowest BCUT2D eigenvalue weighted by atomic mass is 10.1. The zero-order chi connectivity index (χ0) is 17.8. The van der Waals surface area contributed by atoms with Crippen molar-refractivity contribution in [3.8, 4) is 0 Å². The van der Waals surface area contributed by atoms with Crippen molar-refractivity contribution in [3.05, 3.63) is 46.8 Å². The molecule has 1 aromatic carbocycles. The van der Waals surface area contributed by atoms with Crippen molar-refractivity contribution in [1.82, 2.24) is 14.9 Å². The van der Waals surface area contributed by atoms with Crippen LogP contribution in [-0.4, -0.2) is 33.9 Å². The first kappa shape index (κ1) is 17.4. The van der Waals surface area contributed by atoms with E-state index in [4.69, 9.17) is 0 Å². The van der Waals surface area contributed by atoms with Gasteiger partial charge in [-0.3, -0.25) is 4.79 Å². The molecule has 25 heavy (non-hydrogen) atoms. The molecule has 2 heterocycles. The molecular formula is C20H26N4O. The monoisotopic (exact) mass is 338 g/mol. The molecule has 132 valence electrons. The van der Waals surface area contributed by atoms with Crippen molar-refractivity contribution >= 4 is 17.5 Å². The van der Waals surface area contributed by atoms with Crippen molar-refractivity contribution < 1.29 is 4.79 Å². The standard InChI is InChI=1S/C20H26N4O/c1-14-12-15(2)18(16(3)13-14)23-20-21-9-8-17(22-20)19(25)24-10-6-4-5-7-11-24/h8-9,12-13H,4-7,10-11H2,1-3H3,(H,21,22,23). The van der Waals surface area contributed by atoms with Gasteiger partial charge in [0.25, 0.3) is 5.91 Å².